The maximum atomic E-state index is 12.6. The van der Waals surface area contributed by atoms with E-state index in [1.165, 1.54) is 5.56 Å². The van der Waals surface area contributed by atoms with Crippen LogP contribution in [-0.4, -0.2) is 41.9 Å². The molecule has 0 unspecified atom stereocenters. The molecular weight excluding hydrogens is 376 g/mol. The summed E-state index contributed by atoms with van der Waals surface area (Å²) in [6.07, 6.45) is 3.84. The summed E-state index contributed by atoms with van der Waals surface area (Å²) >= 11 is 0. The summed E-state index contributed by atoms with van der Waals surface area (Å²) in [4.78, 5) is 12.6. The minimum Gasteiger partial charge on any atom is -0.492 e. The molecule has 0 bridgehead atoms. The molecule has 1 aromatic heterocycles. The molecular formula is C21H31ClN4O2. The van der Waals surface area contributed by atoms with E-state index in [1.807, 2.05) is 31.6 Å². The van der Waals surface area contributed by atoms with Gasteiger partial charge < -0.3 is 15.4 Å². The Morgan fingerprint density at radius 1 is 1.36 bits per heavy atom. The average molecular weight is 407 g/mol. The fraction of sp³-hybridized carbons (Fsp3) is 0.524. The highest BCUT2D eigenvalue weighted by molar-refractivity contribution is 5.85. The Morgan fingerprint density at radius 3 is 2.82 bits per heavy atom. The van der Waals surface area contributed by atoms with Gasteiger partial charge in [-0.15, -0.1) is 12.4 Å². The molecule has 154 valence electrons. The first kappa shape index (κ1) is 22.2. The maximum Gasteiger partial charge on any atom is 0.225 e. The molecule has 6 nitrogen and oxygen atoms in total. The first-order valence-electron chi connectivity index (χ1n) is 9.55. The Balaban J connectivity index is 0.00000280. The molecule has 1 fully saturated rings. The van der Waals surface area contributed by atoms with Gasteiger partial charge in [0.15, 0.2) is 0 Å². The van der Waals surface area contributed by atoms with Crippen molar-refractivity contribution in [1.82, 2.24) is 20.4 Å². The van der Waals surface area contributed by atoms with Gasteiger partial charge in [-0.05, 0) is 28.7 Å². The van der Waals surface area contributed by atoms with E-state index in [0.717, 1.165) is 17.9 Å². The Bertz CT molecular complexity index is 785. The molecule has 28 heavy (non-hydrogen) atoms. The number of aryl methyl sites for hydroxylation is 1. The van der Waals surface area contributed by atoms with Crippen molar-refractivity contribution < 1.29 is 9.53 Å². The lowest BCUT2D eigenvalue weighted by Crippen LogP contribution is -2.36. The first-order valence-corrected chi connectivity index (χ1v) is 9.55. The highest BCUT2D eigenvalue weighted by Crippen LogP contribution is 2.28. The predicted molar refractivity (Wildman–Crippen MR) is 113 cm³/mol. The quantitative estimate of drug-likeness (QED) is 0.723. The van der Waals surface area contributed by atoms with Gasteiger partial charge in [-0.25, -0.2) is 0 Å². The van der Waals surface area contributed by atoms with Crippen LogP contribution in [-0.2, 0) is 17.3 Å². The molecule has 2 heterocycles. The van der Waals surface area contributed by atoms with Crippen molar-refractivity contribution in [3.05, 3.63) is 47.8 Å². The smallest absolute Gasteiger partial charge is 0.225 e. The van der Waals surface area contributed by atoms with Crippen LogP contribution in [0.2, 0.25) is 0 Å². The molecule has 0 spiro atoms. The van der Waals surface area contributed by atoms with E-state index in [2.05, 4.69) is 48.6 Å². The Hall–Kier alpha value is -2.05. The molecule has 1 aromatic carbocycles. The summed E-state index contributed by atoms with van der Waals surface area (Å²) in [6.45, 7) is 8.99. The number of aromatic nitrogens is 2. The predicted octanol–water partition coefficient (Wildman–Crippen LogP) is 2.64. The number of carbonyl (C=O) groups is 1. The third-order valence-electron chi connectivity index (χ3n) is 5.07. The monoisotopic (exact) mass is 406 g/mol. The van der Waals surface area contributed by atoms with Crippen LogP contribution in [0.3, 0.4) is 0 Å². The van der Waals surface area contributed by atoms with Crippen LogP contribution in [0, 0.1) is 5.92 Å². The van der Waals surface area contributed by atoms with Gasteiger partial charge in [0.2, 0.25) is 5.91 Å². The highest BCUT2D eigenvalue weighted by atomic mass is 35.5. The summed E-state index contributed by atoms with van der Waals surface area (Å²) in [6, 6.07) is 8.15. The average Bonchev–Trinajstić information content (AvgIpc) is 3.26. The molecule has 1 aliphatic rings. The molecule has 0 saturated carbocycles. The van der Waals surface area contributed by atoms with Gasteiger partial charge in [0.25, 0.3) is 0 Å². The number of hydrogen-bond donors (Lipinski definition) is 2. The van der Waals surface area contributed by atoms with E-state index in [-0.39, 0.29) is 35.6 Å². The first-order chi connectivity index (χ1) is 12.8. The lowest BCUT2D eigenvalue weighted by Gasteiger charge is -2.20. The number of rotatable bonds is 6. The van der Waals surface area contributed by atoms with Gasteiger partial charge in [-0.2, -0.15) is 5.10 Å². The van der Waals surface area contributed by atoms with Crippen molar-refractivity contribution in [2.75, 3.05) is 26.2 Å². The van der Waals surface area contributed by atoms with Crippen LogP contribution in [0.15, 0.2) is 36.7 Å². The number of halogens is 1. The zero-order valence-corrected chi connectivity index (χ0v) is 17.9. The summed E-state index contributed by atoms with van der Waals surface area (Å²) in [5.74, 6) is 1.01. The fourth-order valence-corrected chi connectivity index (χ4v) is 3.46. The number of amides is 1. The SMILES string of the molecule is Cl.Cn1cc([C@H]2CNC[C@@H]2C(=O)NCCOc2cccc(C(C)(C)C)c2)cn1. The molecule has 2 N–H and O–H groups in total. The van der Waals surface area contributed by atoms with E-state index in [1.54, 1.807) is 4.68 Å². The van der Waals surface area contributed by atoms with E-state index in [0.29, 0.717) is 19.7 Å². The lowest BCUT2D eigenvalue weighted by atomic mass is 9.87. The number of nitrogens with one attached hydrogen (secondary N) is 2. The normalized spacial score (nSPS) is 19.1. The highest BCUT2D eigenvalue weighted by Gasteiger charge is 2.34. The molecule has 0 radical (unpaired) electrons. The largest absolute Gasteiger partial charge is 0.492 e. The van der Waals surface area contributed by atoms with Gasteiger partial charge in [-0.1, -0.05) is 32.9 Å². The molecule has 3 rings (SSSR count). The summed E-state index contributed by atoms with van der Waals surface area (Å²) in [5.41, 5.74) is 2.43. The van der Waals surface area contributed by atoms with E-state index in [4.69, 9.17) is 4.74 Å². The topological polar surface area (TPSA) is 68.2 Å². The summed E-state index contributed by atoms with van der Waals surface area (Å²) < 4.78 is 7.61. The standard InChI is InChI=1S/C21H30N4O2.ClH/c1-21(2,3)16-6-5-7-17(10-16)27-9-8-23-20(26)19-13-22-12-18(19)15-11-24-25(4)14-15;/h5-7,10-11,14,18-19,22H,8-9,12-13H2,1-4H3,(H,23,26);1H/t18-,19+;/m1./s1. The summed E-state index contributed by atoms with van der Waals surface area (Å²) in [5, 5.41) is 10.6. The number of ether oxygens (including phenoxy) is 1. The van der Waals surface area contributed by atoms with Crippen molar-refractivity contribution >= 4 is 18.3 Å². The van der Waals surface area contributed by atoms with Crippen molar-refractivity contribution in [1.29, 1.82) is 0 Å². The van der Waals surface area contributed by atoms with Crippen LogP contribution in [0.25, 0.3) is 0 Å². The van der Waals surface area contributed by atoms with Crippen LogP contribution < -0.4 is 15.4 Å². The van der Waals surface area contributed by atoms with Gasteiger partial charge in [0.05, 0.1) is 18.7 Å². The number of benzene rings is 1. The van der Waals surface area contributed by atoms with Crippen LogP contribution in [0.5, 0.6) is 5.75 Å². The number of hydrogen-bond acceptors (Lipinski definition) is 4. The molecule has 2 atom stereocenters. The van der Waals surface area contributed by atoms with Crippen molar-refractivity contribution in [3.8, 4) is 5.75 Å². The zero-order chi connectivity index (χ0) is 19.4. The van der Waals surface area contributed by atoms with E-state index >= 15 is 0 Å². The second-order valence-corrected chi connectivity index (χ2v) is 8.24. The van der Waals surface area contributed by atoms with Crippen molar-refractivity contribution in [3.63, 3.8) is 0 Å². The maximum absolute atomic E-state index is 12.6. The van der Waals surface area contributed by atoms with Crippen LogP contribution in [0.4, 0.5) is 0 Å². The Labute approximate surface area is 173 Å². The molecule has 7 heteroatoms. The van der Waals surface area contributed by atoms with E-state index in [9.17, 15) is 4.79 Å². The second-order valence-electron chi connectivity index (χ2n) is 8.24. The lowest BCUT2D eigenvalue weighted by molar-refractivity contribution is -0.124. The van der Waals surface area contributed by atoms with Crippen LogP contribution in [0.1, 0.15) is 37.8 Å². The third kappa shape index (κ3) is 5.49. The molecule has 2 aromatic rings. The number of nitrogens with zero attached hydrogens (tertiary/aromatic N) is 2. The second kappa shape index (κ2) is 9.43. The van der Waals surface area contributed by atoms with Crippen LogP contribution >= 0.6 is 12.4 Å². The van der Waals surface area contributed by atoms with Gasteiger partial charge >= 0.3 is 0 Å². The molecule has 0 aliphatic carbocycles. The molecule has 1 aliphatic heterocycles. The van der Waals surface area contributed by atoms with Gasteiger partial charge in [0, 0.05) is 32.3 Å². The third-order valence-corrected chi connectivity index (χ3v) is 5.07. The van der Waals surface area contributed by atoms with Crippen molar-refractivity contribution in [2.24, 2.45) is 13.0 Å². The minimum absolute atomic E-state index is 0. The van der Waals surface area contributed by atoms with Gasteiger partial charge in [-0.3, -0.25) is 9.48 Å². The van der Waals surface area contributed by atoms with E-state index < -0.39 is 0 Å². The number of carbonyl (C=O) groups excluding carboxylic acids is 1. The fourth-order valence-electron chi connectivity index (χ4n) is 3.46. The zero-order valence-electron chi connectivity index (χ0n) is 17.1. The minimum atomic E-state index is -0.0709. The van der Waals surface area contributed by atoms with Crippen molar-refractivity contribution in [2.45, 2.75) is 32.1 Å². The Kier molecular flexibility index (Phi) is 7.49. The Morgan fingerprint density at radius 2 is 2.14 bits per heavy atom. The molecule has 1 amide bonds. The summed E-state index contributed by atoms with van der Waals surface area (Å²) in [7, 11) is 1.90. The molecule has 1 saturated heterocycles. The van der Waals surface area contributed by atoms with Gasteiger partial charge in [0.1, 0.15) is 12.4 Å².